The van der Waals surface area contributed by atoms with E-state index in [1.807, 2.05) is 0 Å². The van der Waals surface area contributed by atoms with E-state index in [1.165, 1.54) is 33.6 Å². The van der Waals surface area contributed by atoms with Crippen LogP contribution in [0.3, 0.4) is 0 Å². The van der Waals surface area contributed by atoms with E-state index in [4.69, 9.17) is 0 Å². The Balaban J connectivity index is 2.17. The summed E-state index contributed by atoms with van der Waals surface area (Å²) in [6.45, 7) is 14.3. The molecule has 2 aromatic carbocycles. The van der Waals surface area contributed by atoms with Gasteiger partial charge in [-0.2, -0.15) is 0 Å². The second-order valence-corrected chi connectivity index (χ2v) is 14.2. The van der Waals surface area contributed by atoms with Gasteiger partial charge < -0.3 is 0 Å². The molecule has 0 saturated heterocycles. The van der Waals surface area contributed by atoms with Crippen molar-refractivity contribution in [3.8, 4) is 11.3 Å². The Kier molecular flexibility index (Phi) is 4.83. The molecule has 0 amide bonds. The summed E-state index contributed by atoms with van der Waals surface area (Å²) in [6, 6.07) is 19.4. The molecule has 26 heavy (non-hydrogen) atoms. The fourth-order valence-corrected chi connectivity index (χ4v) is 8.33. The van der Waals surface area contributed by atoms with Crippen LogP contribution in [0.25, 0.3) is 22.0 Å². The van der Waals surface area contributed by atoms with E-state index in [9.17, 15) is 0 Å². The maximum atomic E-state index is 2.50. The maximum Gasteiger partial charge on any atom is 0.220 e. The lowest BCUT2D eigenvalue weighted by Gasteiger charge is -2.31. The number of aromatic nitrogens is 1. The third-order valence-electron chi connectivity index (χ3n) is 5.29. The van der Waals surface area contributed by atoms with Crippen LogP contribution in [0.1, 0.15) is 26.3 Å². The Hall–Kier alpha value is -1.93. The first kappa shape index (κ1) is 18.8. The van der Waals surface area contributed by atoms with E-state index >= 15 is 0 Å². The average molecular weight is 363 g/mol. The molecular formula is C24H32NSi+. The Labute approximate surface area is 159 Å². The average Bonchev–Trinajstić information content (AvgIpc) is 2.53. The predicted molar refractivity (Wildman–Crippen MR) is 117 cm³/mol. The minimum absolute atomic E-state index is 0.375. The monoisotopic (exact) mass is 362 g/mol. The molecule has 0 radical (unpaired) electrons. The van der Waals surface area contributed by atoms with Crippen molar-refractivity contribution < 1.29 is 4.57 Å². The molecular weight excluding hydrogens is 330 g/mol. The van der Waals surface area contributed by atoms with Gasteiger partial charge in [0.1, 0.15) is 7.05 Å². The lowest BCUT2D eigenvalue weighted by molar-refractivity contribution is -0.659. The molecule has 0 bridgehead atoms. The highest BCUT2D eigenvalue weighted by Crippen LogP contribution is 2.30. The number of benzene rings is 2. The highest BCUT2D eigenvalue weighted by atomic mass is 28.3. The number of hydrogen-bond acceptors (Lipinski definition) is 0. The van der Waals surface area contributed by atoms with E-state index in [0.29, 0.717) is 5.41 Å². The summed E-state index contributed by atoms with van der Waals surface area (Å²) in [7, 11) is 0.686. The van der Waals surface area contributed by atoms with Crippen molar-refractivity contribution in [3.63, 3.8) is 0 Å². The highest BCUT2D eigenvalue weighted by molar-refractivity contribution is 6.90. The van der Waals surface area contributed by atoms with Gasteiger partial charge in [-0.25, -0.2) is 4.57 Å². The van der Waals surface area contributed by atoms with Crippen LogP contribution in [0.15, 0.2) is 54.7 Å². The van der Waals surface area contributed by atoms with Gasteiger partial charge in [0.2, 0.25) is 5.69 Å². The molecule has 0 aliphatic heterocycles. The molecule has 1 aromatic heterocycles. The zero-order valence-electron chi connectivity index (χ0n) is 17.4. The third kappa shape index (κ3) is 3.76. The van der Waals surface area contributed by atoms with E-state index in [2.05, 4.69) is 107 Å². The molecule has 2 heteroatoms. The van der Waals surface area contributed by atoms with Gasteiger partial charge in [-0.15, -0.1) is 0 Å². The first-order valence-electron chi connectivity index (χ1n) is 9.57. The number of pyridine rings is 1. The molecule has 0 N–H and O–H groups in total. The second kappa shape index (κ2) is 6.66. The predicted octanol–water partition coefficient (Wildman–Crippen LogP) is 5.60. The topological polar surface area (TPSA) is 3.88 Å². The number of hydrogen-bond donors (Lipinski definition) is 0. The largest absolute Gasteiger partial charge is 0.220 e. The number of nitrogens with zero attached hydrogens (tertiary/aromatic N) is 1. The fraction of sp³-hybridized carbons (Fsp3) is 0.375. The SMILES string of the molecule is Cc1ccccc1-c1c2ccc([Si](C)(C)CC(C)(C)C)cc2cc[n+]1C. The van der Waals surface area contributed by atoms with E-state index < -0.39 is 8.07 Å². The van der Waals surface area contributed by atoms with Crippen molar-refractivity contribution in [1.29, 1.82) is 0 Å². The molecule has 0 aliphatic carbocycles. The van der Waals surface area contributed by atoms with Crippen LogP contribution in [0.4, 0.5) is 0 Å². The molecule has 0 atom stereocenters. The van der Waals surface area contributed by atoms with Gasteiger partial charge in [0, 0.05) is 11.6 Å². The Morgan fingerprint density at radius 3 is 2.31 bits per heavy atom. The minimum atomic E-state index is -1.46. The van der Waals surface area contributed by atoms with Crippen LogP contribution in [0.5, 0.6) is 0 Å². The molecule has 1 heterocycles. The zero-order chi connectivity index (χ0) is 19.1. The van der Waals surface area contributed by atoms with E-state index in [1.54, 1.807) is 5.19 Å². The molecule has 136 valence electrons. The van der Waals surface area contributed by atoms with Gasteiger partial charge >= 0.3 is 0 Å². The van der Waals surface area contributed by atoms with E-state index in [0.717, 1.165) is 0 Å². The van der Waals surface area contributed by atoms with Gasteiger partial charge in [0.25, 0.3) is 0 Å². The molecule has 0 spiro atoms. The quantitative estimate of drug-likeness (QED) is 0.422. The van der Waals surface area contributed by atoms with Gasteiger partial charge in [-0.3, -0.25) is 0 Å². The molecule has 3 aromatic rings. The van der Waals surface area contributed by atoms with Crippen LogP contribution in [0.2, 0.25) is 19.1 Å². The molecule has 0 saturated carbocycles. The minimum Gasteiger partial charge on any atom is -0.200 e. The van der Waals surface area contributed by atoms with Crippen molar-refractivity contribution in [1.82, 2.24) is 0 Å². The summed E-state index contributed by atoms with van der Waals surface area (Å²) < 4.78 is 2.25. The summed E-state index contributed by atoms with van der Waals surface area (Å²) in [5.41, 5.74) is 4.32. The first-order chi connectivity index (χ1) is 12.1. The first-order valence-corrected chi connectivity index (χ1v) is 12.8. The lowest BCUT2D eigenvalue weighted by Crippen LogP contribution is -2.44. The van der Waals surface area contributed by atoms with Crippen molar-refractivity contribution in [2.24, 2.45) is 12.5 Å². The van der Waals surface area contributed by atoms with Gasteiger partial charge in [0.15, 0.2) is 6.20 Å². The molecule has 3 rings (SSSR count). The summed E-state index contributed by atoms with van der Waals surface area (Å²) in [5, 5.41) is 4.26. The fourth-order valence-electron chi connectivity index (χ4n) is 4.40. The Morgan fingerprint density at radius 2 is 1.65 bits per heavy atom. The number of rotatable bonds is 3. The van der Waals surface area contributed by atoms with Crippen molar-refractivity contribution in [3.05, 3.63) is 60.3 Å². The van der Waals surface area contributed by atoms with Gasteiger partial charge in [-0.05, 0) is 41.5 Å². The lowest BCUT2D eigenvalue weighted by atomic mass is 10.00. The van der Waals surface area contributed by atoms with Gasteiger partial charge in [0.05, 0.1) is 13.5 Å². The molecule has 0 aliphatic rings. The Bertz CT molecular complexity index is 948. The van der Waals surface area contributed by atoms with Crippen LogP contribution in [-0.4, -0.2) is 8.07 Å². The smallest absolute Gasteiger partial charge is 0.200 e. The normalized spacial score (nSPS) is 12.6. The third-order valence-corrected chi connectivity index (χ3v) is 9.11. The molecule has 0 fully saturated rings. The van der Waals surface area contributed by atoms with Crippen LogP contribution in [0, 0.1) is 12.3 Å². The molecule has 1 nitrogen and oxygen atoms in total. The van der Waals surface area contributed by atoms with Crippen LogP contribution in [-0.2, 0) is 7.05 Å². The van der Waals surface area contributed by atoms with Gasteiger partial charge in [-0.1, -0.05) is 69.4 Å². The summed E-state index contributed by atoms with van der Waals surface area (Å²) in [4.78, 5) is 0. The van der Waals surface area contributed by atoms with Crippen molar-refractivity contribution in [2.75, 3.05) is 0 Å². The second-order valence-electron chi connectivity index (χ2n) is 9.51. The summed E-state index contributed by atoms with van der Waals surface area (Å²) >= 11 is 0. The maximum absolute atomic E-state index is 2.50. The van der Waals surface area contributed by atoms with Crippen LogP contribution >= 0.6 is 0 Å². The number of fused-ring (bicyclic) bond motifs is 1. The molecule has 0 unspecified atom stereocenters. The highest BCUT2D eigenvalue weighted by Gasteiger charge is 2.30. The summed E-state index contributed by atoms with van der Waals surface area (Å²) in [6.07, 6.45) is 2.20. The standard InChI is InChI=1S/C24H32NSi/c1-18-10-8-9-11-21(18)23-22-13-12-20(16-19(22)14-15-25(23)5)26(6,7)17-24(2,3)4/h8-16H,17H2,1-7H3/q+1. The van der Waals surface area contributed by atoms with Crippen molar-refractivity contribution in [2.45, 2.75) is 46.8 Å². The summed E-state index contributed by atoms with van der Waals surface area (Å²) in [5.74, 6) is 0. The number of aryl methyl sites for hydroxylation is 2. The van der Waals surface area contributed by atoms with Crippen LogP contribution < -0.4 is 9.75 Å². The Morgan fingerprint density at radius 1 is 0.962 bits per heavy atom. The van der Waals surface area contributed by atoms with Crippen molar-refractivity contribution >= 4 is 24.0 Å². The van der Waals surface area contributed by atoms with E-state index in [-0.39, 0.29) is 0 Å². The zero-order valence-corrected chi connectivity index (χ0v) is 18.4.